The van der Waals surface area contributed by atoms with Gasteiger partial charge in [0.05, 0.1) is 18.6 Å². The van der Waals surface area contributed by atoms with E-state index in [2.05, 4.69) is 10.4 Å². The Bertz CT molecular complexity index is 1330. The first-order chi connectivity index (χ1) is 16.1. The molecular formula is C26H22N4O3. The lowest BCUT2D eigenvalue weighted by atomic mass is 10.1. The highest BCUT2D eigenvalue weighted by atomic mass is 16.2. The average Bonchev–Trinajstić information content (AvgIpc) is 3.35. The van der Waals surface area contributed by atoms with Crippen LogP contribution < -0.4 is 5.32 Å². The van der Waals surface area contributed by atoms with E-state index >= 15 is 0 Å². The average molecular weight is 438 g/mol. The Morgan fingerprint density at radius 2 is 1.39 bits per heavy atom. The summed E-state index contributed by atoms with van der Waals surface area (Å²) in [4.78, 5) is 37.7. The lowest BCUT2D eigenvalue weighted by Crippen LogP contribution is -2.28. The van der Waals surface area contributed by atoms with Crippen LogP contribution in [0.4, 0.5) is 5.82 Å². The summed E-state index contributed by atoms with van der Waals surface area (Å²) in [6.07, 6.45) is 0.596. The highest BCUT2D eigenvalue weighted by Gasteiger charge is 2.28. The number of carbonyl (C=O) groups is 3. The molecule has 2 heterocycles. The topological polar surface area (TPSA) is 84.3 Å². The second-order valence-electron chi connectivity index (χ2n) is 8.03. The van der Waals surface area contributed by atoms with Gasteiger partial charge in [-0.1, -0.05) is 54.6 Å². The number of rotatable bonds is 6. The van der Waals surface area contributed by atoms with Gasteiger partial charge < -0.3 is 5.32 Å². The highest BCUT2D eigenvalue weighted by Crippen LogP contribution is 2.24. The van der Waals surface area contributed by atoms with Crippen LogP contribution in [0.1, 0.15) is 34.3 Å². The van der Waals surface area contributed by atoms with Crippen molar-refractivity contribution in [2.24, 2.45) is 0 Å². The van der Waals surface area contributed by atoms with Gasteiger partial charge in [-0.15, -0.1) is 0 Å². The summed E-state index contributed by atoms with van der Waals surface area (Å²) in [7, 11) is 0. The van der Waals surface area contributed by atoms with Crippen LogP contribution in [0.3, 0.4) is 0 Å². The highest BCUT2D eigenvalue weighted by molar-refractivity contribution is 6.08. The minimum absolute atomic E-state index is 0.114. The van der Waals surface area contributed by atoms with E-state index in [-0.39, 0.29) is 17.7 Å². The Morgan fingerprint density at radius 3 is 2.09 bits per heavy atom. The summed E-state index contributed by atoms with van der Waals surface area (Å²) in [6, 6.07) is 24.6. The van der Waals surface area contributed by atoms with Gasteiger partial charge in [-0.3, -0.25) is 24.0 Å². The Hall–Kier alpha value is -4.26. The minimum Gasteiger partial charge on any atom is -0.305 e. The first kappa shape index (κ1) is 20.6. The number of nitrogens with zero attached hydrogens (tertiary/aromatic N) is 3. The van der Waals surface area contributed by atoms with Crippen molar-refractivity contribution in [1.82, 2.24) is 14.7 Å². The molecule has 7 heteroatoms. The smallest absolute Gasteiger partial charge is 0.256 e. The van der Waals surface area contributed by atoms with Crippen molar-refractivity contribution < 1.29 is 14.4 Å². The minimum atomic E-state index is -0.207. The Balaban J connectivity index is 1.35. The van der Waals surface area contributed by atoms with E-state index in [1.54, 1.807) is 12.1 Å². The fourth-order valence-corrected chi connectivity index (χ4v) is 4.01. The normalized spacial score (nSPS) is 13.6. The summed E-state index contributed by atoms with van der Waals surface area (Å²) in [5, 5.41) is 8.45. The number of imide groups is 1. The van der Waals surface area contributed by atoms with Gasteiger partial charge in [-0.2, -0.15) is 5.10 Å². The van der Waals surface area contributed by atoms with Crippen molar-refractivity contribution >= 4 is 34.4 Å². The van der Waals surface area contributed by atoms with E-state index < -0.39 is 0 Å². The fraction of sp³-hybridized carbons (Fsp3) is 0.154. The molecule has 1 N–H and O–H groups in total. The molecule has 0 radical (unpaired) electrons. The van der Waals surface area contributed by atoms with Crippen molar-refractivity contribution in [3.8, 4) is 0 Å². The van der Waals surface area contributed by atoms with E-state index in [1.807, 2.05) is 71.4 Å². The molecule has 0 spiro atoms. The van der Waals surface area contributed by atoms with Crippen LogP contribution in [0.25, 0.3) is 10.9 Å². The van der Waals surface area contributed by atoms with Gasteiger partial charge >= 0.3 is 0 Å². The first-order valence-electron chi connectivity index (χ1n) is 10.8. The van der Waals surface area contributed by atoms with Crippen molar-refractivity contribution in [1.29, 1.82) is 0 Å². The number of fused-ring (bicyclic) bond motifs is 1. The fourth-order valence-electron chi connectivity index (χ4n) is 4.01. The Kier molecular flexibility index (Phi) is 5.44. The van der Waals surface area contributed by atoms with Crippen molar-refractivity contribution in [2.45, 2.75) is 25.9 Å². The maximum absolute atomic E-state index is 12.6. The number of likely N-dealkylation sites (tertiary alicyclic amines) is 1. The second kappa shape index (κ2) is 8.70. The largest absolute Gasteiger partial charge is 0.305 e. The molecule has 7 nitrogen and oxygen atoms in total. The van der Waals surface area contributed by atoms with Gasteiger partial charge in [0.15, 0.2) is 5.82 Å². The molecule has 1 aliphatic rings. The van der Waals surface area contributed by atoms with E-state index in [0.29, 0.717) is 37.3 Å². The molecule has 3 aromatic carbocycles. The summed E-state index contributed by atoms with van der Waals surface area (Å²) in [5.74, 6) is 0.0813. The van der Waals surface area contributed by atoms with E-state index in [4.69, 9.17) is 0 Å². The molecule has 1 aromatic heterocycles. The molecule has 0 atom stereocenters. The molecule has 1 saturated heterocycles. The SMILES string of the molecule is O=C(Nc1nn(Cc2ccc(CN3C(=O)CCC3=O)cc2)c2ccccc12)c1ccccc1. The molecule has 0 aliphatic carbocycles. The predicted molar refractivity (Wildman–Crippen MR) is 124 cm³/mol. The van der Waals surface area contributed by atoms with Gasteiger partial charge in [0.25, 0.3) is 5.91 Å². The zero-order valence-corrected chi connectivity index (χ0v) is 17.9. The zero-order valence-electron chi connectivity index (χ0n) is 17.9. The number of benzene rings is 3. The van der Waals surface area contributed by atoms with Crippen LogP contribution in [0.5, 0.6) is 0 Å². The van der Waals surface area contributed by atoms with E-state index in [9.17, 15) is 14.4 Å². The molecule has 1 aliphatic heterocycles. The maximum Gasteiger partial charge on any atom is 0.256 e. The Morgan fingerprint density at radius 1 is 0.788 bits per heavy atom. The zero-order chi connectivity index (χ0) is 22.8. The van der Waals surface area contributed by atoms with Gasteiger partial charge in [0.1, 0.15) is 0 Å². The van der Waals surface area contributed by atoms with Gasteiger partial charge in [-0.25, -0.2) is 0 Å². The third-order valence-electron chi connectivity index (χ3n) is 5.78. The standard InChI is InChI=1S/C26H22N4O3/c31-23-14-15-24(32)29(23)16-18-10-12-19(13-11-18)17-30-22-9-5-4-8-21(22)25(28-30)27-26(33)20-6-2-1-3-7-20/h1-13H,14-17H2,(H,27,28,33). The molecular weight excluding hydrogens is 416 g/mol. The number of anilines is 1. The maximum atomic E-state index is 12.6. The number of aromatic nitrogens is 2. The summed E-state index contributed by atoms with van der Waals surface area (Å²) >= 11 is 0. The third kappa shape index (κ3) is 4.25. The number of amides is 3. The lowest BCUT2D eigenvalue weighted by Gasteiger charge is -2.14. The molecule has 0 bridgehead atoms. The molecule has 3 amide bonds. The van der Waals surface area contributed by atoms with Gasteiger partial charge in [0, 0.05) is 23.8 Å². The van der Waals surface area contributed by atoms with Crippen LogP contribution in [-0.4, -0.2) is 32.4 Å². The number of para-hydroxylation sites is 1. The van der Waals surface area contributed by atoms with Crippen LogP contribution in [0.2, 0.25) is 0 Å². The number of hydrogen-bond acceptors (Lipinski definition) is 4. The molecule has 0 saturated carbocycles. The molecule has 164 valence electrons. The summed E-state index contributed by atoms with van der Waals surface area (Å²) < 4.78 is 1.86. The number of carbonyl (C=O) groups excluding carboxylic acids is 3. The van der Waals surface area contributed by atoms with Crippen molar-refractivity contribution in [2.75, 3.05) is 5.32 Å². The molecule has 0 unspecified atom stereocenters. The van der Waals surface area contributed by atoms with Crippen LogP contribution in [0.15, 0.2) is 78.9 Å². The summed E-state index contributed by atoms with van der Waals surface area (Å²) in [5.41, 5.74) is 3.41. The van der Waals surface area contributed by atoms with E-state index in [1.165, 1.54) is 4.90 Å². The number of nitrogens with one attached hydrogen (secondary N) is 1. The van der Waals surface area contributed by atoms with Crippen LogP contribution >= 0.6 is 0 Å². The Labute approximate surface area is 190 Å². The monoisotopic (exact) mass is 438 g/mol. The second-order valence-corrected chi connectivity index (χ2v) is 8.03. The predicted octanol–water partition coefficient (Wildman–Crippen LogP) is 3.99. The lowest BCUT2D eigenvalue weighted by molar-refractivity contribution is -0.139. The quantitative estimate of drug-likeness (QED) is 0.462. The molecule has 1 fully saturated rings. The molecule has 4 aromatic rings. The first-order valence-corrected chi connectivity index (χ1v) is 10.8. The van der Waals surface area contributed by atoms with Crippen molar-refractivity contribution in [3.63, 3.8) is 0 Å². The van der Waals surface area contributed by atoms with E-state index in [0.717, 1.165) is 22.0 Å². The van der Waals surface area contributed by atoms with Crippen LogP contribution in [0, 0.1) is 0 Å². The third-order valence-corrected chi connectivity index (χ3v) is 5.78. The molecule has 33 heavy (non-hydrogen) atoms. The van der Waals surface area contributed by atoms with Crippen molar-refractivity contribution in [3.05, 3.63) is 95.6 Å². The van der Waals surface area contributed by atoms with Gasteiger partial charge in [-0.05, 0) is 35.4 Å². The summed E-state index contributed by atoms with van der Waals surface area (Å²) in [6.45, 7) is 0.821. The number of hydrogen-bond donors (Lipinski definition) is 1. The molecule has 5 rings (SSSR count). The van der Waals surface area contributed by atoms with Crippen LogP contribution in [-0.2, 0) is 22.7 Å². The van der Waals surface area contributed by atoms with Gasteiger partial charge in [0.2, 0.25) is 11.8 Å².